The third kappa shape index (κ3) is 4.59. The lowest BCUT2D eigenvalue weighted by Gasteiger charge is -2.09. The SMILES string of the molecule is CC(C)c1ccc(NC(=O)CNC(=O)c2ccc(F)c(F)c2F)cc1. The van der Waals surface area contributed by atoms with Gasteiger partial charge in [-0.3, -0.25) is 9.59 Å². The highest BCUT2D eigenvalue weighted by Gasteiger charge is 2.19. The molecule has 2 aromatic rings. The molecule has 2 amide bonds. The molecule has 0 bridgehead atoms. The first-order chi connectivity index (χ1) is 11.8. The van der Waals surface area contributed by atoms with Crippen molar-refractivity contribution in [1.82, 2.24) is 5.32 Å². The monoisotopic (exact) mass is 350 g/mol. The van der Waals surface area contributed by atoms with Gasteiger partial charge in [-0.25, -0.2) is 13.2 Å². The van der Waals surface area contributed by atoms with Crippen molar-refractivity contribution in [3.63, 3.8) is 0 Å². The lowest BCUT2D eigenvalue weighted by Crippen LogP contribution is -2.33. The molecule has 0 atom stereocenters. The number of carbonyl (C=O) groups excluding carboxylic acids is 2. The smallest absolute Gasteiger partial charge is 0.254 e. The van der Waals surface area contributed by atoms with Gasteiger partial charge in [0, 0.05) is 5.69 Å². The number of hydrogen-bond donors (Lipinski definition) is 2. The molecule has 7 heteroatoms. The van der Waals surface area contributed by atoms with Gasteiger partial charge in [0.05, 0.1) is 12.1 Å². The van der Waals surface area contributed by atoms with Gasteiger partial charge in [-0.1, -0.05) is 26.0 Å². The van der Waals surface area contributed by atoms with Crippen molar-refractivity contribution in [3.8, 4) is 0 Å². The number of anilines is 1. The summed E-state index contributed by atoms with van der Waals surface area (Å²) < 4.78 is 39.5. The minimum absolute atomic E-state index is 0.357. The Hall–Kier alpha value is -2.83. The summed E-state index contributed by atoms with van der Waals surface area (Å²) in [6, 6.07) is 8.65. The molecule has 0 fully saturated rings. The summed E-state index contributed by atoms with van der Waals surface area (Å²) in [6.07, 6.45) is 0. The van der Waals surface area contributed by atoms with Gasteiger partial charge in [0.15, 0.2) is 17.5 Å². The van der Waals surface area contributed by atoms with Crippen molar-refractivity contribution >= 4 is 17.5 Å². The first-order valence-electron chi connectivity index (χ1n) is 7.61. The zero-order chi connectivity index (χ0) is 18.6. The van der Waals surface area contributed by atoms with Crippen molar-refractivity contribution in [3.05, 3.63) is 65.0 Å². The van der Waals surface area contributed by atoms with Gasteiger partial charge < -0.3 is 10.6 Å². The highest BCUT2D eigenvalue weighted by molar-refractivity contribution is 5.99. The van der Waals surface area contributed by atoms with E-state index in [0.29, 0.717) is 17.7 Å². The minimum atomic E-state index is -1.73. The second-order valence-corrected chi connectivity index (χ2v) is 5.73. The third-order valence-corrected chi connectivity index (χ3v) is 3.55. The van der Waals surface area contributed by atoms with Crippen LogP contribution in [-0.2, 0) is 4.79 Å². The molecule has 0 spiro atoms. The average molecular weight is 350 g/mol. The van der Waals surface area contributed by atoms with Gasteiger partial charge in [-0.15, -0.1) is 0 Å². The first-order valence-corrected chi connectivity index (χ1v) is 7.61. The van der Waals surface area contributed by atoms with Crippen molar-refractivity contribution in [2.24, 2.45) is 0 Å². The predicted molar refractivity (Wildman–Crippen MR) is 87.8 cm³/mol. The fourth-order valence-electron chi connectivity index (χ4n) is 2.11. The van der Waals surface area contributed by atoms with Gasteiger partial charge in [0.2, 0.25) is 5.91 Å². The Morgan fingerprint density at radius 2 is 1.60 bits per heavy atom. The maximum Gasteiger partial charge on any atom is 0.254 e. The fraction of sp³-hybridized carbons (Fsp3) is 0.222. The fourth-order valence-corrected chi connectivity index (χ4v) is 2.11. The molecule has 2 rings (SSSR count). The van der Waals surface area contributed by atoms with Crippen molar-refractivity contribution in [2.45, 2.75) is 19.8 Å². The molecule has 2 N–H and O–H groups in total. The molecular formula is C18H17F3N2O2. The van der Waals surface area contributed by atoms with Crippen LogP contribution >= 0.6 is 0 Å². The average Bonchev–Trinajstić information content (AvgIpc) is 2.58. The maximum atomic E-state index is 13.5. The van der Waals surface area contributed by atoms with E-state index >= 15 is 0 Å². The molecule has 25 heavy (non-hydrogen) atoms. The van der Waals surface area contributed by atoms with E-state index in [-0.39, 0.29) is 0 Å². The van der Waals surface area contributed by atoms with E-state index in [4.69, 9.17) is 0 Å². The van der Waals surface area contributed by atoms with E-state index in [0.717, 1.165) is 11.6 Å². The van der Waals surface area contributed by atoms with E-state index in [2.05, 4.69) is 10.6 Å². The predicted octanol–water partition coefficient (Wildman–Crippen LogP) is 3.60. The Labute approximate surface area is 143 Å². The van der Waals surface area contributed by atoms with E-state index in [1.165, 1.54) is 0 Å². The summed E-state index contributed by atoms with van der Waals surface area (Å²) in [5, 5.41) is 4.72. The Bertz CT molecular complexity index is 790. The van der Waals surface area contributed by atoms with Crippen LogP contribution in [-0.4, -0.2) is 18.4 Å². The van der Waals surface area contributed by atoms with E-state index in [1.807, 2.05) is 26.0 Å². The lowest BCUT2D eigenvalue weighted by molar-refractivity contribution is -0.115. The van der Waals surface area contributed by atoms with Crippen LogP contribution in [0.3, 0.4) is 0 Å². The number of benzene rings is 2. The summed E-state index contributed by atoms with van der Waals surface area (Å²) in [5.41, 5.74) is 0.982. The minimum Gasteiger partial charge on any atom is -0.343 e. The van der Waals surface area contributed by atoms with Crippen LogP contribution in [0.1, 0.15) is 35.7 Å². The van der Waals surface area contributed by atoms with E-state index in [1.54, 1.807) is 12.1 Å². The van der Waals surface area contributed by atoms with Gasteiger partial charge in [0.1, 0.15) is 0 Å². The van der Waals surface area contributed by atoms with Crippen molar-refractivity contribution in [1.29, 1.82) is 0 Å². The van der Waals surface area contributed by atoms with Gasteiger partial charge >= 0.3 is 0 Å². The Morgan fingerprint density at radius 1 is 0.960 bits per heavy atom. The molecule has 0 aliphatic heterocycles. The first kappa shape index (κ1) is 18.5. The summed E-state index contributed by atoms with van der Waals surface area (Å²) in [5.74, 6) is -5.91. The Kier molecular flexibility index (Phi) is 5.80. The zero-order valence-corrected chi connectivity index (χ0v) is 13.7. The number of hydrogen-bond acceptors (Lipinski definition) is 2. The molecule has 0 radical (unpaired) electrons. The standard InChI is InChI=1S/C18H17F3N2O2/c1-10(2)11-3-5-12(6-4-11)23-15(24)9-22-18(25)13-7-8-14(19)17(21)16(13)20/h3-8,10H,9H2,1-2H3,(H,22,25)(H,23,24). The molecular weight excluding hydrogens is 333 g/mol. The van der Waals surface area contributed by atoms with Crippen LogP contribution in [0, 0.1) is 17.5 Å². The van der Waals surface area contributed by atoms with Crippen LogP contribution < -0.4 is 10.6 Å². The van der Waals surface area contributed by atoms with Gasteiger partial charge in [0.25, 0.3) is 5.91 Å². The third-order valence-electron chi connectivity index (χ3n) is 3.55. The summed E-state index contributed by atoms with van der Waals surface area (Å²) in [6.45, 7) is 3.64. The number of rotatable bonds is 5. The molecule has 0 unspecified atom stereocenters. The van der Waals surface area contributed by atoms with Crippen LogP contribution in [0.15, 0.2) is 36.4 Å². The second kappa shape index (κ2) is 7.83. The molecule has 132 valence electrons. The zero-order valence-electron chi connectivity index (χ0n) is 13.7. The molecule has 0 aliphatic carbocycles. The number of carbonyl (C=O) groups is 2. The largest absolute Gasteiger partial charge is 0.343 e. The number of nitrogens with one attached hydrogen (secondary N) is 2. The molecule has 0 aliphatic rings. The summed E-state index contributed by atoms with van der Waals surface area (Å²) in [7, 11) is 0. The van der Waals surface area contributed by atoms with Crippen molar-refractivity contribution < 1.29 is 22.8 Å². The second-order valence-electron chi connectivity index (χ2n) is 5.73. The van der Waals surface area contributed by atoms with Crippen LogP contribution in [0.5, 0.6) is 0 Å². The van der Waals surface area contributed by atoms with E-state index < -0.39 is 41.4 Å². The number of halogens is 3. The van der Waals surface area contributed by atoms with Crippen LogP contribution in [0.2, 0.25) is 0 Å². The van der Waals surface area contributed by atoms with Gasteiger partial charge in [-0.05, 0) is 35.7 Å². The summed E-state index contributed by atoms with van der Waals surface area (Å²) in [4.78, 5) is 23.6. The number of amides is 2. The van der Waals surface area contributed by atoms with E-state index in [9.17, 15) is 22.8 Å². The summed E-state index contributed by atoms with van der Waals surface area (Å²) >= 11 is 0. The van der Waals surface area contributed by atoms with Gasteiger partial charge in [-0.2, -0.15) is 0 Å². The lowest BCUT2D eigenvalue weighted by atomic mass is 10.0. The molecule has 0 heterocycles. The molecule has 0 saturated heterocycles. The highest BCUT2D eigenvalue weighted by atomic mass is 19.2. The normalized spacial score (nSPS) is 10.6. The molecule has 0 aromatic heterocycles. The maximum absolute atomic E-state index is 13.5. The molecule has 0 saturated carbocycles. The Morgan fingerprint density at radius 3 is 2.20 bits per heavy atom. The topological polar surface area (TPSA) is 58.2 Å². The molecule has 4 nitrogen and oxygen atoms in total. The quantitative estimate of drug-likeness (QED) is 0.810. The van der Waals surface area contributed by atoms with Crippen LogP contribution in [0.25, 0.3) is 0 Å². The van der Waals surface area contributed by atoms with Crippen molar-refractivity contribution in [2.75, 3.05) is 11.9 Å². The Balaban J connectivity index is 1.93. The molecule has 2 aromatic carbocycles. The highest BCUT2D eigenvalue weighted by Crippen LogP contribution is 2.17. The van der Waals surface area contributed by atoms with Crippen LogP contribution in [0.4, 0.5) is 18.9 Å².